The van der Waals surface area contributed by atoms with E-state index in [0.29, 0.717) is 4.90 Å². The summed E-state index contributed by atoms with van der Waals surface area (Å²) in [4.78, 5) is 2.62. The van der Waals surface area contributed by atoms with Gasteiger partial charge in [0.05, 0.1) is 4.90 Å². The maximum atomic E-state index is 12.4. The van der Waals surface area contributed by atoms with Gasteiger partial charge in [-0.1, -0.05) is 22.9 Å². The number of nitrogens with zero attached hydrogens (tertiary/aromatic N) is 1. The van der Waals surface area contributed by atoms with Gasteiger partial charge in [-0.25, -0.2) is 13.1 Å². The van der Waals surface area contributed by atoms with Crippen molar-refractivity contribution in [3.05, 3.63) is 28.2 Å². The molecule has 1 aromatic carbocycles. The third-order valence-electron chi connectivity index (χ3n) is 3.71. The number of halogens is 1. The van der Waals surface area contributed by atoms with E-state index in [0.717, 1.165) is 42.5 Å². The van der Waals surface area contributed by atoms with Crippen molar-refractivity contribution in [1.29, 1.82) is 0 Å². The molecule has 1 heterocycles. The molecule has 112 valence electrons. The first-order valence-corrected chi connectivity index (χ1v) is 9.21. The minimum atomic E-state index is -3.43. The van der Waals surface area contributed by atoms with Gasteiger partial charge >= 0.3 is 0 Å². The summed E-state index contributed by atoms with van der Waals surface area (Å²) in [6, 6.07) is 5.13. The van der Waals surface area contributed by atoms with E-state index in [2.05, 4.69) is 32.5 Å². The molecule has 0 aliphatic carbocycles. The van der Waals surface area contributed by atoms with Crippen LogP contribution in [0.3, 0.4) is 0 Å². The van der Waals surface area contributed by atoms with Crippen molar-refractivity contribution < 1.29 is 8.42 Å². The Morgan fingerprint density at radius 1 is 1.45 bits per heavy atom. The van der Waals surface area contributed by atoms with Crippen LogP contribution in [0.15, 0.2) is 27.6 Å². The van der Waals surface area contributed by atoms with E-state index in [-0.39, 0.29) is 6.04 Å². The van der Waals surface area contributed by atoms with Crippen molar-refractivity contribution in [3.63, 3.8) is 0 Å². The molecule has 2 rings (SSSR count). The van der Waals surface area contributed by atoms with Gasteiger partial charge in [0.25, 0.3) is 0 Å². The van der Waals surface area contributed by atoms with Crippen LogP contribution in [0.5, 0.6) is 0 Å². The van der Waals surface area contributed by atoms with Crippen LogP contribution >= 0.6 is 15.9 Å². The molecule has 4 nitrogen and oxygen atoms in total. The first-order valence-electron chi connectivity index (χ1n) is 6.93. The number of nitrogens with one attached hydrogen (secondary N) is 1. The van der Waals surface area contributed by atoms with Gasteiger partial charge in [-0.05, 0) is 56.6 Å². The van der Waals surface area contributed by atoms with Crippen LogP contribution < -0.4 is 4.72 Å². The summed E-state index contributed by atoms with van der Waals surface area (Å²) in [7, 11) is -3.43. The lowest BCUT2D eigenvalue weighted by Gasteiger charge is -2.32. The van der Waals surface area contributed by atoms with Crippen LogP contribution in [0.2, 0.25) is 0 Å². The highest BCUT2D eigenvalue weighted by Gasteiger charge is 2.24. The largest absolute Gasteiger partial charge is 0.302 e. The number of aryl methyl sites for hydroxylation is 1. The summed E-state index contributed by atoms with van der Waals surface area (Å²) >= 11 is 3.39. The highest BCUT2D eigenvalue weighted by atomic mass is 79.9. The predicted octanol–water partition coefficient (Wildman–Crippen LogP) is 2.52. The highest BCUT2D eigenvalue weighted by Crippen LogP contribution is 2.21. The molecule has 0 spiro atoms. The van der Waals surface area contributed by atoms with Crippen molar-refractivity contribution >= 4 is 26.0 Å². The summed E-state index contributed by atoms with van der Waals surface area (Å²) in [6.07, 6.45) is 1.95. The Kier molecular flexibility index (Phi) is 5.23. The van der Waals surface area contributed by atoms with E-state index in [1.807, 2.05) is 6.92 Å². The average Bonchev–Trinajstić information content (AvgIpc) is 2.41. The molecule has 1 N–H and O–H groups in total. The van der Waals surface area contributed by atoms with Crippen LogP contribution in [-0.4, -0.2) is 39.0 Å². The van der Waals surface area contributed by atoms with Gasteiger partial charge in [0.1, 0.15) is 0 Å². The van der Waals surface area contributed by atoms with Gasteiger partial charge in [0, 0.05) is 17.1 Å². The Bertz CT molecular complexity index is 575. The number of sulfonamides is 1. The van der Waals surface area contributed by atoms with Crippen molar-refractivity contribution in [2.45, 2.75) is 37.6 Å². The molecule has 0 aromatic heterocycles. The Balaban J connectivity index is 2.12. The normalized spacial score (nSPS) is 21.1. The van der Waals surface area contributed by atoms with E-state index >= 15 is 0 Å². The molecule has 0 amide bonds. The Hall–Kier alpha value is -0.430. The van der Waals surface area contributed by atoms with E-state index < -0.39 is 10.0 Å². The van der Waals surface area contributed by atoms with E-state index in [1.54, 1.807) is 18.2 Å². The number of hydrogen-bond donors (Lipinski definition) is 1. The van der Waals surface area contributed by atoms with E-state index in [4.69, 9.17) is 0 Å². The van der Waals surface area contributed by atoms with Gasteiger partial charge in [-0.2, -0.15) is 0 Å². The Labute approximate surface area is 129 Å². The zero-order chi connectivity index (χ0) is 14.8. The zero-order valence-corrected chi connectivity index (χ0v) is 14.3. The van der Waals surface area contributed by atoms with Crippen LogP contribution in [-0.2, 0) is 10.0 Å². The SMILES string of the molecule is CCN1CCCC(NS(=O)(=O)c2ccc(Br)c(C)c2)C1. The second kappa shape index (κ2) is 6.56. The molecule has 1 aliphatic rings. The minimum Gasteiger partial charge on any atom is -0.302 e. The second-order valence-electron chi connectivity index (χ2n) is 5.26. The molecule has 0 bridgehead atoms. The van der Waals surface area contributed by atoms with Crippen LogP contribution in [0.4, 0.5) is 0 Å². The lowest BCUT2D eigenvalue weighted by atomic mass is 10.1. The summed E-state index contributed by atoms with van der Waals surface area (Å²) in [5.74, 6) is 0. The molecule has 1 atom stereocenters. The maximum Gasteiger partial charge on any atom is 0.240 e. The van der Waals surface area contributed by atoms with Gasteiger partial charge in [-0.15, -0.1) is 0 Å². The molecule has 6 heteroatoms. The fraction of sp³-hybridized carbons (Fsp3) is 0.571. The number of rotatable bonds is 4. The summed E-state index contributed by atoms with van der Waals surface area (Å²) in [6.45, 7) is 6.82. The van der Waals surface area contributed by atoms with Crippen molar-refractivity contribution in [1.82, 2.24) is 9.62 Å². The number of likely N-dealkylation sites (tertiary alicyclic amines) is 1. The number of likely N-dealkylation sites (N-methyl/N-ethyl adjacent to an activating group) is 1. The fourth-order valence-electron chi connectivity index (χ4n) is 2.51. The molecular weight excluding hydrogens is 340 g/mol. The molecule has 1 saturated heterocycles. The van der Waals surface area contributed by atoms with Gasteiger partial charge < -0.3 is 4.90 Å². The number of benzene rings is 1. The topological polar surface area (TPSA) is 49.4 Å². The first kappa shape index (κ1) is 15.9. The van der Waals surface area contributed by atoms with E-state index in [9.17, 15) is 8.42 Å². The smallest absolute Gasteiger partial charge is 0.240 e. The summed E-state index contributed by atoms with van der Waals surface area (Å²) in [5, 5.41) is 0. The molecule has 20 heavy (non-hydrogen) atoms. The van der Waals surface area contributed by atoms with E-state index in [1.165, 1.54) is 0 Å². The third-order valence-corrected chi connectivity index (χ3v) is 6.12. The molecule has 1 fully saturated rings. The summed E-state index contributed by atoms with van der Waals surface area (Å²) in [5.41, 5.74) is 0.923. The first-order chi connectivity index (χ1) is 9.42. The molecule has 0 radical (unpaired) electrons. The van der Waals surface area contributed by atoms with Crippen molar-refractivity contribution in [2.24, 2.45) is 0 Å². The number of piperidine rings is 1. The monoisotopic (exact) mass is 360 g/mol. The van der Waals surface area contributed by atoms with Crippen LogP contribution in [0, 0.1) is 6.92 Å². The van der Waals surface area contributed by atoms with Crippen LogP contribution in [0.1, 0.15) is 25.3 Å². The van der Waals surface area contributed by atoms with Gasteiger partial charge in [-0.3, -0.25) is 0 Å². The summed E-state index contributed by atoms with van der Waals surface area (Å²) < 4.78 is 28.6. The third kappa shape index (κ3) is 3.81. The lowest BCUT2D eigenvalue weighted by molar-refractivity contribution is 0.211. The second-order valence-corrected chi connectivity index (χ2v) is 7.83. The Morgan fingerprint density at radius 3 is 2.85 bits per heavy atom. The van der Waals surface area contributed by atoms with Crippen molar-refractivity contribution in [2.75, 3.05) is 19.6 Å². The average molecular weight is 361 g/mol. The fourth-order valence-corrected chi connectivity index (χ4v) is 4.10. The maximum absolute atomic E-state index is 12.4. The zero-order valence-electron chi connectivity index (χ0n) is 11.9. The standard InChI is InChI=1S/C14H21BrN2O2S/c1-3-17-8-4-5-12(10-17)16-20(18,19)13-6-7-14(15)11(2)9-13/h6-7,9,12,16H,3-5,8,10H2,1-2H3. The van der Waals surface area contributed by atoms with Crippen molar-refractivity contribution in [3.8, 4) is 0 Å². The van der Waals surface area contributed by atoms with Gasteiger partial charge in [0.2, 0.25) is 10.0 Å². The predicted molar refractivity (Wildman–Crippen MR) is 84.3 cm³/mol. The molecule has 1 unspecified atom stereocenters. The number of hydrogen-bond acceptors (Lipinski definition) is 3. The lowest BCUT2D eigenvalue weighted by Crippen LogP contribution is -2.47. The molecule has 0 saturated carbocycles. The minimum absolute atomic E-state index is 0.0117. The van der Waals surface area contributed by atoms with Gasteiger partial charge in [0.15, 0.2) is 0 Å². The molecular formula is C14H21BrN2O2S. The molecule has 1 aliphatic heterocycles. The van der Waals surface area contributed by atoms with Crippen LogP contribution in [0.25, 0.3) is 0 Å². The molecule has 1 aromatic rings. The Morgan fingerprint density at radius 2 is 2.20 bits per heavy atom. The quantitative estimate of drug-likeness (QED) is 0.897. The highest BCUT2D eigenvalue weighted by molar-refractivity contribution is 9.10.